The molecule has 0 saturated carbocycles. The van der Waals surface area contributed by atoms with E-state index in [1.807, 2.05) is 0 Å². The van der Waals surface area contributed by atoms with Crippen LogP contribution in [0.4, 0.5) is 16.2 Å². The van der Waals surface area contributed by atoms with Gasteiger partial charge in [0.2, 0.25) is 11.7 Å². The van der Waals surface area contributed by atoms with Crippen LogP contribution < -0.4 is 39.6 Å². The van der Waals surface area contributed by atoms with Gasteiger partial charge in [-0.15, -0.1) is 0 Å². The van der Waals surface area contributed by atoms with Crippen molar-refractivity contribution in [3.8, 4) is 28.7 Å². The van der Waals surface area contributed by atoms with Crippen molar-refractivity contribution in [2.24, 2.45) is 0 Å². The number of esters is 1. The van der Waals surface area contributed by atoms with Crippen molar-refractivity contribution < 1.29 is 57.1 Å². The molecule has 296 valence electrons. The van der Waals surface area contributed by atoms with Crippen LogP contribution in [0.1, 0.15) is 93.2 Å². The van der Waals surface area contributed by atoms with E-state index >= 15 is 0 Å². The van der Waals surface area contributed by atoms with Crippen molar-refractivity contribution in [1.82, 2.24) is 5.32 Å². The predicted molar refractivity (Wildman–Crippen MR) is 203 cm³/mol. The molecule has 0 radical (unpaired) electrons. The molecule has 0 fully saturated rings. The Hall–Kier alpha value is -5.99. The minimum atomic E-state index is -1.19. The first-order chi connectivity index (χ1) is 25.9. The van der Waals surface area contributed by atoms with Gasteiger partial charge in [-0.3, -0.25) is 19.2 Å². The lowest BCUT2D eigenvalue weighted by Crippen LogP contribution is -2.46. The summed E-state index contributed by atoms with van der Waals surface area (Å²) in [7, 11) is 5.74. The number of carbonyl (C=O) groups excluding carboxylic acids is 5. The molecule has 4 rings (SSSR count). The summed E-state index contributed by atoms with van der Waals surface area (Å²) in [4.78, 5) is 65.7. The lowest BCUT2D eigenvalue weighted by atomic mass is 9.94. The van der Waals surface area contributed by atoms with E-state index in [0.29, 0.717) is 17.0 Å². The Kier molecular flexibility index (Phi) is 13.2. The normalized spacial score (nSPS) is 14.3. The molecule has 3 N–H and O–H groups in total. The molecule has 1 aliphatic rings. The Labute approximate surface area is 320 Å². The number of methoxy groups -OCH3 is 4. The minimum absolute atomic E-state index is 0.00659. The molecule has 0 saturated heterocycles. The van der Waals surface area contributed by atoms with E-state index in [1.54, 1.807) is 71.9 Å². The number of amides is 3. The molecule has 55 heavy (non-hydrogen) atoms. The lowest BCUT2D eigenvalue weighted by molar-refractivity contribution is -0.155. The number of anilines is 2. The van der Waals surface area contributed by atoms with Gasteiger partial charge < -0.3 is 49.1 Å². The standard InChI is InChI=1S/C40H49N3O12/c1-39(2,3)54-32(45)17-15-26(43-38(48)55-40(4,5)6)37(47)42-24-14-16-28(49-7)25(19-24)36(46)41-23-13-11-12-22(18-23)29-20-27(44)33-30(53-29)21-31(50-8)34(51-9)35(33)52-10/h11-14,16,18-19,21,26,29H,15,17,20H2,1-10H3,(H,41,46)(H,42,47)(H,43,48)/t26-,29?/m0/s1. The van der Waals surface area contributed by atoms with Crippen LogP contribution in [-0.2, 0) is 19.1 Å². The molecule has 15 nitrogen and oxygen atoms in total. The van der Waals surface area contributed by atoms with E-state index in [0.717, 1.165) is 0 Å². The zero-order chi connectivity index (χ0) is 40.7. The van der Waals surface area contributed by atoms with Gasteiger partial charge in [0, 0.05) is 23.9 Å². The molecule has 3 amide bonds. The number of ketones is 1. The van der Waals surface area contributed by atoms with E-state index in [9.17, 15) is 24.0 Å². The summed E-state index contributed by atoms with van der Waals surface area (Å²) in [6, 6.07) is 11.7. The van der Waals surface area contributed by atoms with E-state index in [2.05, 4.69) is 16.0 Å². The fraction of sp³-hybridized carbons (Fsp3) is 0.425. The molecule has 0 aromatic heterocycles. The maximum Gasteiger partial charge on any atom is 0.408 e. The quantitative estimate of drug-likeness (QED) is 0.158. The van der Waals surface area contributed by atoms with Crippen LogP contribution in [-0.4, -0.2) is 75.3 Å². The third-order valence-electron chi connectivity index (χ3n) is 8.01. The van der Waals surface area contributed by atoms with Crippen molar-refractivity contribution in [3.63, 3.8) is 0 Å². The smallest absolute Gasteiger partial charge is 0.408 e. The van der Waals surface area contributed by atoms with Crippen LogP contribution >= 0.6 is 0 Å². The van der Waals surface area contributed by atoms with E-state index in [-0.39, 0.29) is 64.9 Å². The average Bonchev–Trinajstić information content (AvgIpc) is 3.10. The monoisotopic (exact) mass is 763 g/mol. The second-order valence-electron chi connectivity index (χ2n) is 14.6. The van der Waals surface area contributed by atoms with Crippen molar-refractivity contribution in [1.29, 1.82) is 0 Å². The number of Topliss-reactive ketones (excluding diaryl/α,β-unsaturated/α-hetero) is 1. The minimum Gasteiger partial charge on any atom is -0.496 e. The van der Waals surface area contributed by atoms with Crippen LogP contribution in [0.5, 0.6) is 28.7 Å². The molecule has 1 unspecified atom stereocenters. The Balaban J connectivity index is 1.53. The first kappa shape index (κ1) is 41.8. The number of carbonyl (C=O) groups is 5. The third kappa shape index (κ3) is 11.0. The molecular formula is C40H49N3O12. The maximum absolute atomic E-state index is 13.7. The summed E-state index contributed by atoms with van der Waals surface area (Å²) in [5, 5.41) is 8.08. The van der Waals surface area contributed by atoms with Crippen LogP contribution in [0.15, 0.2) is 48.5 Å². The lowest BCUT2D eigenvalue weighted by Gasteiger charge is -2.28. The number of benzene rings is 3. The van der Waals surface area contributed by atoms with Gasteiger partial charge in [0.05, 0.1) is 40.4 Å². The summed E-state index contributed by atoms with van der Waals surface area (Å²) in [5.41, 5.74) is -0.00679. The third-order valence-corrected chi connectivity index (χ3v) is 8.01. The molecule has 1 aliphatic heterocycles. The van der Waals surface area contributed by atoms with Gasteiger partial charge in [-0.1, -0.05) is 12.1 Å². The van der Waals surface area contributed by atoms with Crippen molar-refractivity contribution in [2.45, 2.75) is 84.2 Å². The summed E-state index contributed by atoms with van der Waals surface area (Å²) in [6.45, 7) is 10.2. The number of hydrogen-bond acceptors (Lipinski definition) is 12. The van der Waals surface area contributed by atoms with Crippen molar-refractivity contribution in [2.75, 3.05) is 39.1 Å². The fourth-order valence-corrected chi connectivity index (χ4v) is 5.72. The van der Waals surface area contributed by atoms with Gasteiger partial charge >= 0.3 is 12.1 Å². The van der Waals surface area contributed by atoms with Gasteiger partial charge in [-0.25, -0.2) is 4.79 Å². The number of alkyl carbamates (subject to hydrolysis) is 1. The van der Waals surface area contributed by atoms with Crippen LogP contribution in [0.3, 0.4) is 0 Å². The predicted octanol–water partition coefficient (Wildman–Crippen LogP) is 6.63. The largest absolute Gasteiger partial charge is 0.496 e. The maximum atomic E-state index is 13.7. The summed E-state index contributed by atoms with van der Waals surface area (Å²) < 4.78 is 38.8. The molecule has 0 spiro atoms. The Bertz CT molecular complexity index is 1930. The van der Waals surface area contributed by atoms with Crippen molar-refractivity contribution >= 4 is 41.0 Å². The highest BCUT2D eigenvalue weighted by atomic mass is 16.6. The number of rotatable bonds is 13. The Morgan fingerprint density at radius 1 is 0.782 bits per heavy atom. The highest BCUT2D eigenvalue weighted by molar-refractivity contribution is 6.08. The number of hydrogen-bond donors (Lipinski definition) is 3. The average molecular weight is 764 g/mol. The summed E-state index contributed by atoms with van der Waals surface area (Å²) in [6.07, 6.45) is -1.79. The first-order valence-electron chi connectivity index (χ1n) is 17.5. The molecule has 0 bridgehead atoms. The van der Waals surface area contributed by atoms with Crippen LogP contribution in [0.25, 0.3) is 0 Å². The zero-order valence-electron chi connectivity index (χ0n) is 32.8. The van der Waals surface area contributed by atoms with Crippen LogP contribution in [0.2, 0.25) is 0 Å². The molecule has 15 heteroatoms. The van der Waals surface area contributed by atoms with E-state index in [1.165, 1.54) is 46.6 Å². The van der Waals surface area contributed by atoms with Crippen molar-refractivity contribution in [3.05, 3.63) is 65.2 Å². The highest BCUT2D eigenvalue weighted by Gasteiger charge is 2.34. The highest BCUT2D eigenvalue weighted by Crippen LogP contribution is 2.49. The van der Waals surface area contributed by atoms with Gasteiger partial charge in [-0.05, 0) is 83.9 Å². The summed E-state index contributed by atoms with van der Waals surface area (Å²) in [5.74, 6) is -0.690. The number of ether oxygens (including phenoxy) is 7. The second-order valence-corrected chi connectivity index (χ2v) is 14.6. The zero-order valence-corrected chi connectivity index (χ0v) is 32.8. The molecule has 3 aromatic rings. The Morgan fingerprint density at radius 3 is 2.05 bits per heavy atom. The SMILES string of the molecule is COc1ccc(NC(=O)[C@H](CCC(=O)OC(C)(C)C)NC(=O)OC(C)(C)C)cc1C(=O)Nc1cccc(C2CC(=O)c3c(cc(OC)c(OC)c3OC)O2)c1. The topological polar surface area (TPSA) is 186 Å². The first-order valence-corrected chi connectivity index (χ1v) is 17.5. The van der Waals surface area contributed by atoms with E-state index in [4.69, 9.17) is 33.2 Å². The number of nitrogens with one attached hydrogen (secondary N) is 3. The van der Waals surface area contributed by atoms with Gasteiger partial charge in [0.1, 0.15) is 40.4 Å². The second kappa shape index (κ2) is 17.4. The van der Waals surface area contributed by atoms with Crippen LogP contribution in [0, 0.1) is 0 Å². The number of fused-ring (bicyclic) bond motifs is 1. The fourth-order valence-electron chi connectivity index (χ4n) is 5.72. The van der Waals surface area contributed by atoms with Gasteiger partial charge in [0.15, 0.2) is 17.3 Å². The molecule has 3 aromatic carbocycles. The molecule has 2 atom stereocenters. The van der Waals surface area contributed by atoms with E-state index < -0.39 is 47.2 Å². The Morgan fingerprint density at radius 2 is 1.44 bits per heavy atom. The molecular weight excluding hydrogens is 714 g/mol. The van der Waals surface area contributed by atoms with Gasteiger partial charge in [0.25, 0.3) is 5.91 Å². The molecule has 0 aliphatic carbocycles. The molecule has 1 heterocycles. The summed E-state index contributed by atoms with van der Waals surface area (Å²) >= 11 is 0. The van der Waals surface area contributed by atoms with Gasteiger partial charge in [-0.2, -0.15) is 0 Å².